The van der Waals surface area contributed by atoms with Gasteiger partial charge in [-0.25, -0.2) is 0 Å². The van der Waals surface area contributed by atoms with Gasteiger partial charge in [-0.05, 0) is 39.8 Å². The third-order valence-electron chi connectivity index (χ3n) is 5.15. The van der Waals surface area contributed by atoms with Gasteiger partial charge in [-0.3, -0.25) is 57.5 Å². The molecule has 2 unspecified atom stereocenters. The number of Topliss-reactive ketones (excluding diaryl/α,β-unsaturated/α-hetero) is 4. The minimum Gasteiger partial charge on any atom is -0.359 e. The zero-order chi connectivity index (χ0) is 40.0. The van der Waals surface area contributed by atoms with Crippen LogP contribution in [-0.2, 0) is 57.5 Å². The molecular weight excluding hydrogens is 688 g/mol. The summed E-state index contributed by atoms with van der Waals surface area (Å²) in [4.78, 5) is 131. The van der Waals surface area contributed by atoms with Crippen LogP contribution in [0.25, 0.3) is 0 Å². The smallest absolute Gasteiger partial charge is 0.244 e. The van der Waals surface area contributed by atoms with Crippen LogP contribution in [0.3, 0.4) is 0 Å². The van der Waals surface area contributed by atoms with Gasteiger partial charge in [0.25, 0.3) is 0 Å². The molecule has 0 bridgehead atoms. The Morgan fingerprint density at radius 2 is 0.731 bits per heavy atom. The summed E-state index contributed by atoms with van der Waals surface area (Å²) < 4.78 is 0. The standard InChI is InChI=1S/C13H20N4O6.C7H10N2O2.2C5H9NO2.2CH4/c1-6(18)8(10(20)14-3)12(22)16-5-17-13(23)9(7(2)19)11(21)15-4;1-3-6(10)8-5-9-7(11)4-2;2*1-4(7)3-5(8)6-2;;/h8-9H,5H2,1-4H3,(H,14,20)(H,15,21)(H,16,22)(H,17,23);3-4H,1-2,5H2,(H,8,10)(H,9,11);2*3H2,1-2H3,(H,6,8);2*1H4. The highest BCUT2D eigenvalue weighted by Gasteiger charge is 2.32. The predicted molar refractivity (Wildman–Crippen MR) is 191 cm³/mol. The third-order valence-corrected chi connectivity index (χ3v) is 5.15. The molecule has 0 aliphatic heterocycles. The van der Waals surface area contributed by atoms with Gasteiger partial charge in [0.2, 0.25) is 47.3 Å². The summed E-state index contributed by atoms with van der Waals surface area (Å²) in [6.45, 7) is 11.0. The highest BCUT2D eigenvalue weighted by molar-refractivity contribution is 6.18. The van der Waals surface area contributed by atoms with Crippen molar-refractivity contribution in [2.75, 3.05) is 41.5 Å². The molecule has 2 atom stereocenters. The molecule has 0 aliphatic rings. The van der Waals surface area contributed by atoms with Gasteiger partial charge >= 0.3 is 0 Å². The van der Waals surface area contributed by atoms with E-state index in [4.69, 9.17) is 0 Å². The average Bonchev–Trinajstić information content (AvgIpc) is 3.04. The van der Waals surface area contributed by atoms with E-state index < -0.39 is 53.7 Å². The van der Waals surface area contributed by atoms with Gasteiger partial charge in [0, 0.05) is 28.2 Å². The van der Waals surface area contributed by atoms with E-state index in [1.165, 1.54) is 42.0 Å². The Hall–Kier alpha value is -6.08. The van der Waals surface area contributed by atoms with E-state index in [1.807, 2.05) is 0 Å². The van der Waals surface area contributed by atoms with Crippen LogP contribution in [0.2, 0.25) is 0 Å². The van der Waals surface area contributed by atoms with Crippen LogP contribution in [0, 0.1) is 11.8 Å². The quantitative estimate of drug-likeness (QED) is 0.0456. The molecule has 0 fully saturated rings. The minimum atomic E-state index is -1.54. The van der Waals surface area contributed by atoms with Crippen molar-refractivity contribution < 1.29 is 57.5 Å². The molecule has 0 saturated carbocycles. The van der Waals surface area contributed by atoms with E-state index in [0.717, 1.165) is 26.0 Å². The fourth-order valence-electron chi connectivity index (χ4n) is 2.68. The second kappa shape index (κ2) is 34.8. The van der Waals surface area contributed by atoms with Crippen LogP contribution in [0.4, 0.5) is 0 Å². The summed E-state index contributed by atoms with van der Waals surface area (Å²) in [7, 11) is 5.55. The lowest BCUT2D eigenvalue weighted by atomic mass is 10.0. The highest BCUT2D eigenvalue weighted by atomic mass is 16.2. The predicted octanol–water partition coefficient (Wildman–Crippen LogP) is -2.68. The molecule has 0 aromatic carbocycles. The normalized spacial score (nSPS) is 9.69. The van der Waals surface area contributed by atoms with Crippen molar-refractivity contribution in [2.45, 2.75) is 55.4 Å². The second-order valence-corrected chi connectivity index (χ2v) is 9.35. The van der Waals surface area contributed by atoms with Crippen LogP contribution >= 0.6 is 0 Å². The van der Waals surface area contributed by atoms with E-state index in [-0.39, 0.29) is 69.6 Å². The Balaban J connectivity index is -0.000000152. The van der Waals surface area contributed by atoms with Crippen LogP contribution in [0.1, 0.15) is 55.4 Å². The molecule has 20 nitrogen and oxygen atoms in total. The van der Waals surface area contributed by atoms with E-state index in [2.05, 4.69) is 55.7 Å². The van der Waals surface area contributed by atoms with Crippen molar-refractivity contribution in [3.05, 3.63) is 25.3 Å². The maximum absolute atomic E-state index is 11.8. The summed E-state index contributed by atoms with van der Waals surface area (Å²) in [6.07, 6.45) is 2.24. The summed E-state index contributed by atoms with van der Waals surface area (Å²) in [5.74, 6) is -9.11. The fraction of sp³-hybridized carbons (Fsp3) is 0.500. The van der Waals surface area contributed by atoms with Gasteiger partial charge in [-0.1, -0.05) is 28.0 Å². The van der Waals surface area contributed by atoms with Crippen LogP contribution in [0.15, 0.2) is 25.3 Å². The van der Waals surface area contributed by atoms with Crippen molar-refractivity contribution in [3.8, 4) is 0 Å². The fourth-order valence-corrected chi connectivity index (χ4v) is 2.68. The highest BCUT2D eigenvalue weighted by Crippen LogP contribution is 2.00. The monoisotopic (exact) mass is 744 g/mol. The number of rotatable bonds is 16. The summed E-state index contributed by atoms with van der Waals surface area (Å²) in [5.41, 5.74) is 0. The molecule has 0 heterocycles. The maximum Gasteiger partial charge on any atom is 0.244 e. The number of ketones is 4. The third kappa shape index (κ3) is 32.5. The number of amides is 8. The van der Waals surface area contributed by atoms with Gasteiger partial charge in [0.15, 0.2) is 23.4 Å². The SMILES string of the molecule is C.C.C=CC(=O)NCNC(=O)C=C.CNC(=O)C(C(C)=O)C(=O)NCNC(=O)C(C(C)=O)C(=O)NC.CNC(=O)CC(C)=O.CNC(=O)CC(C)=O. The van der Waals surface area contributed by atoms with Crippen molar-refractivity contribution in [1.82, 2.24) is 42.5 Å². The van der Waals surface area contributed by atoms with Gasteiger partial charge in [0.1, 0.15) is 11.6 Å². The molecule has 0 aliphatic carbocycles. The van der Waals surface area contributed by atoms with E-state index in [1.54, 1.807) is 0 Å². The van der Waals surface area contributed by atoms with E-state index in [0.29, 0.717) is 0 Å². The first-order valence-electron chi connectivity index (χ1n) is 14.4. The zero-order valence-corrected chi connectivity index (χ0v) is 29.5. The van der Waals surface area contributed by atoms with E-state index >= 15 is 0 Å². The van der Waals surface area contributed by atoms with Crippen molar-refractivity contribution in [1.29, 1.82) is 0 Å². The largest absolute Gasteiger partial charge is 0.359 e. The molecule has 0 aromatic rings. The Labute approximate surface area is 304 Å². The summed E-state index contributed by atoms with van der Waals surface area (Å²) >= 11 is 0. The first-order chi connectivity index (χ1) is 23.2. The molecule has 0 rings (SSSR count). The maximum atomic E-state index is 11.8. The first kappa shape index (κ1) is 58.1. The minimum absolute atomic E-state index is 0. The zero-order valence-electron chi connectivity index (χ0n) is 29.5. The molecule has 0 radical (unpaired) electrons. The van der Waals surface area contributed by atoms with Gasteiger partial charge < -0.3 is 42.5 Å². The van der Waals surface area contributed by atoms with Gasteiger partial charge in [-0.15, -0.1) is 0 Å². The number of hydrogen-bond acceptors (Lipinski definition) is 12. The number of hydrogen-bond donors (Lipinski definition) is 8. The van der Waals surface area contributed by atoms with Crippen LogP contribution in [-0.4, -0.2) is 112 Å². The van der Waals surface area contributed by atoms with E-state index in [9.17, 15) is 57.5 Å². The molecule has 0 spiro atoms. The molecule has 0 aromatic heterocycles. The van der Waals surface area contributed by atoms with Gasteiger partial charge in [-0.2, -0.15) is 0 Å². The Bertz CT molecular complexity index is 1190. The first-order valence-corrected chi connectivity index (χ1v) is 14.4. The summed E-state index contributed by atoms with van der Waals surface area (Å²) in [6, 6.07) is 0. The second-order valence-electron chi connectivity index (χ2n) is 9.35. The van der Waals surface area contributed by atoms with Crippen molar-refractivity contribution in [2.24, 2.45) is 11.8 Å². The number of carbonyl (C=O) groups is 12. The molecule has 296 valence electrons. The van der Waals surface area contributed by atoms with Gasteiger partial charge in [0.05, 0.1) is 26.2 Å². The average molecular weight is 745 g/mol. The lowest BCUT2D eigenvalue weighted by Crippen LogP contribution is -2.50. The molecule has 20 heteroatoms. The molecule has 0 saturated heterocycles. The number of nitrogens with one attached hydrogen (secondary N) is 8. The molecule has 52 heavy (non-hydrogen) atoms. The lowest BCUT2D eigenvalue weighted by Gasteiger charge is -2.15. The topological polar surface area (TPSA) is 301 Å². The Kier molecular flexibility index (Phi) is 38.9. The van der Waals surface area contributed by atoms with Crippen molar-refractivity contribution in [3.63, 3.8) is 0 Å². The Morgan fingerprint density at radius 3 is 0.904 bits per heavy atom. The molecule has 8 amide bonds. The number of carbonyl (C=O) groups excluding carboxylic acids is 12. The molecule has 8 N–H and O–H groups in total. The Morgan fingerprint density at radius 1 is 0.462 bits per heavy atom. The lowest BCUT2D eigenvalue weighted by molar-refractivity contribution is -0.142. The van der Waals surface area contributed by atoms with Crippen LogP contribution in [0.5, 0.6) is 0 Å². The van der Waals surface area contributed by atoms with Crippen LogP contribution < -0.4 is 42.5 Å². The molecular formula is C32H56N8O12. The van der Waals surface area contributed by atoms with Crippen molar-refractivity contribution >= 4 is 70.4 Å². The summed E-state index contributed by atoms with van der Waals surface area (Å²) in [5, 5.41) is 18.1.